The molecule has 1 heterocycles. The second kappa shape index (κ2) is 4.28. The molecule has 0 saturated heterocycles. The second-order valence-corrected chi connectivity index (χ2v) is 3.60. The molecule has 0 spiro atoms. The molecule has 0 saturated carbocycles. The summed E-state index contributed by atoms with van der Waals surface area (Å²) in [4.78, 5) is 4.03. The molecule has 0 fully saturated rings. The maximum absolute atomic E-state index is 6.04. The van der Waals surface area contributed by atoms with E-state index in [2.05, 4.69) is 17.1 Å². The van der Waals surface area contributed by atoms with Crippen LogP contribution in [0.25, 0.3) is 0 Å². The fraction of sp³-hybridized carbons (Fsp3) is 0.250. The average molecular weight is 202 g/mol. The normalized spacial score (nSPS) is 12.7. The van der Waals surface area contributed by atoms with Gasteiger partial charge in [-0.2, -0.15) is 0 Å². The molecule has 0 aliphatic rings. The van der Waals surface area contributed by atoms with E-state index in [-0.39, 0.29) is 6.04 Å². The largest absolute Gasteiger partial charge is 0.447 e. The molecule has 1 atom stereocenters. The number of aryl methyl sites for hydroxylation is 1. The summed E-state index contributed by atoms with van der Waals surface area (Å²) in [6.45, 7) is 1.91. The summed E-state index contributed by atoms with van der Waals surface area (Å²) in [7, 11) is 0. The molecule has 0 radical (unpaired) electrons. The lowest BCUT2D eigenvalue weighted by atomic mass is 10.0. The molecule has 1 aromatic carbocycles. The van der Waals surface area contributed by atoms with Gasteiger partial charge in [0.25, 0.3) is 0 Å². The molecule has 1 unspecified atom stereocenters. The van der Waals surface area contributed by atoms with Crippen molar-refractivity contribution < 1.29 is 4.42 Å². The van der Waals surface area contributed by atoms with Crippen LogP contribution in [-0.4, -0.2) is 4.98 Å². The number of hydrogen-bond donors (Lipinski definition) is 1. The van der Waals surface area contributed by atoms with Gasteiger partial charge in [0.1, 0.15) is 5.76 Å². The van der Waals surface area contributed by atoms with Gasteiger partial charge >= 0.3 is 0 Å². The first-order chi connectivity index (χ1) is 7.27. The third kappa shape index (κ3) is 2.25. The molecule has 0 aliphatic heterocycles. The molecule has 3 heteroatoms. The van der Waals surface area contributed by atoms with Gasteiger partial charge in [-0.25, -0.2) is 4.98 Å². The fourth-order valence-corrected chi connectivity index (χ4v) is 1.63. The first kappa shape index (κ1) is 9.93. The number of nitrogens with two attached hydrogens (primary N) is 1. The molecule has 0 bridgehead atoms. The van der Waals surface area contributed by atoms with Crippen molar-refractivity contribution in [2.24, 2.45) is 5.73 Å². The minimum atomic E-state index is -0.116. The Morgan fingerprint density at radius 3 is 2.67 bits per heavy atom. The van der Waals surface area contributed by atoms with Crippen LogP contribution in [-0.2, 0) is 6.42 Å². The Balaban J connectivity index is 2.11. The monoisotopic (exact) mass is 202 g/mol. The average Bonchev–Trinajstić information content (AvgIpc) is 2.66. The lowest BCUT2D eigenvalue weighted by Gasteiger charge is -2.08. The molecule has 15 heavy (non-hydrogen) atoms. The highest BCUT2D eigenvalue weighted by molar-refractivity contribution is 5.19. The van der Waals surface area contributed by atoms with Gasteiger partial charge in [0.15, 0.2) is 6.39 Å². The van der Waals surface area contributed by atoms with E-state index < -0.39 is 0 Å². The van der Waals surface area contributed by atoms with E-state index in [0.29, 0.717) is 0 Å². The predicted octanol–water partition coefficient (Wildman–Crippen LogP) is 2.23. The van der Waals surface area contributed by atoms with Crippen LogP contribution in [0.1, 0.15) is 23.1 Å². The highest BCUT2D eigenvalue weighted by Gasteiger charge is 2.13. The maximum Gasteiger partial charge on any atom is 0.181 e. The number of hydrogen-bond acceptors (Lipinski definition) is 3. The quantitative estimate of drug-likeness (QED) is 0.830. The summed E-state index contributed by atoms with van der Waals surface area (Å²) in [5.74, 6) is 0.777. The van der Waals surface area contributed by atoms with Crippen molar-refractivity contribution in [1.82, 2.24) is 4.98 Å². The molecule has 0 aliphatic carbocycles. The summed E-state index contributed by atoms with van der Waals surface area (Å²) in [6, 6.07) is 10.0. The van der Waals surface area contributed by atoms with E-state index in [1.54, 1.807) is 0 Å². The van der Waals surface area contributed by atoms with E-state index in [1.165, 1.54) is 12.0 Å². The van der Waals surface area contributed by atoms with Crippen LogP contribution in [0.5, 0.6) is 0 Å². The molecule has 2 rings (SSSR count). The molecular formula is C12H14N2O. The molecule has 78 valence electrons. The van der Waals surface area contributed by atoms with Crippen LogP contribution >= 0.6 is 0 Å². The summed E-state index contributed by atoms with van der Waals surface area (Å²) >= 11 is 0. The topological polar surface area (TPSA) is 52.0 Å². The lowest BCUT2D eigenvalue weighted by Crippen LogP contribution is -2.13. The Hall–Kier alpha value is -1.61. The van der Waals surface area contributed by atoms with Crippen molar-refractivity contribution in [2.45, 2.75) is 19.4 Å². The minimum absolute atomic E-state index is 0.116. The summed E-state index contributed by atoms with van der Waals surface area (Å²) in [6.07, 6.45) is 2.21. The van der Waals surface area contributed by atoms with Crippen molar-refractivity contribution in [3.8, 4) is 0 Å². The Kier molecular flexibility index (Phi) is 2.83. The van der Waals surface area contributed by atoms with Crippen molar-refractivity contribution >= 4 is 0 Å². The molecule has 2 aromatic rings. The predicted molar refractivity (Wildman–Crippen MR) is 58.3 cm³/mol. The van der Waals surface area contributed by atoms with Gasteiger partial charge < -0.3 is 10.2 Å². The highest BCUT2D eigenvalue weighted by Crippen LogP contribution is 2.18. The number of benzene rings is 1. The molecule has 1 aromatic heterocycles. The molecule has 3 nitrogen and oxygen atoms in total. The van der Waals surface area contributed by atoms with Crippen molar-refractivity contribution in [2.75, 3.05) is 0 Å². The van der Waals surface area contributed by atoms with Crippen LogP contribution in [0.2, 0.25) is 0 Å². The van der Waals surface area contributed by atoms with E-state index >= 15 is 0 Å². The van der Waals surface area contributed by atoms with Gasteiger partial charge in [-0.05, 0) is 18.9 Å². The van der Waals surface area contributed by atoms with Crippen molar-refractivity contribution in [1.29, 1.82) is 0 Å². The first-order valence-corrected chi connectivity index (χ1v) is 4.97. The van der Waals surface area contributed by atoms with Crippen LogP contribution in [0, 0.1) is 6.92 Å². The third-order valence-electron chi connectivity index (χ3n) is 2.42. The third-order valence-corrected chi connectivity index (χ3v) is 2.42. The second-order valence-electron chi connectivity index (χ2n) is 3.60. The Morgan fingerprint density at radius 1 is 1.33 bits per heavy atom. The zero-order chi connectivity index (χ0) is 10.7. The minimum Gasteiger partial charge on any atom is -0.447 e. The van der Waals surface area contributed by atoms with Gasteiger partial charge in [0, 0.05) is 0 Å². The number of aromatic nitrogens is 1. The van der Waals surface area contributed by atoms with Gasteiger partial charge in [0.05, 0.1) is 11.7 Å². The number of rotatable bonds is 3. The summed E-state index contributed by atoms with van der Waals surface area (Å²) in [5.41, 5.74) is 8.12. The molecular weight excluding hydrogens is 188 g/mol. The van der Waals surface area contributed by atoms with E-state index in [1.807, 2.05) is 25.1 Å². The summed E-state index contributed by atoms with van der Waals surface area (Å²) in [5, 5.41) is 0. The van der Waals surface area contributed by atoms with E-state index in [4.69, 9.17) is 10.2 Å². The summed E-state index contributed by atoms with van der Waals surface area (Å²) < 4.78 is 5.26. The Labute approximate surface area is 88.9 Å². The zero-order valence-corrected chi connectivity index (χ0v) is 8.68. The maximum atomic E-state index is 6.04. The standard InChI is InChI=1S/C12H14N2O/c1-9-12(15-8-14-9)11(13)7-10-5-3-2-4-6-10/h2-6,8,11H,7,13H2,1H3. The van der Waals surface area contributed by atoms with Gasteiger partial charge in [-0.15, -0.1) is 0 Å². The Bertz CT molecular complexity index is 422. The van der Waals surface area contributed by atoms with Crippen LogP contribution < -0.4 is 5.73 Å². The van der Waals surface area contributed by atoms with Crippen molar-refractivity contribution in [3.05, 3.63) is 53.7 Å². The molecule has 2 N–H and O–H groups in total. The van der Waals surface area contributed by atoms with Gasteiger partial charge in [0.2, 0.25) is 0 Å². The van der Waals surface area contributed by atoms with E-state index in [0.717, 1.165) is 17.9 Å². The van der Waals surface area contributed by atoms with E-state index in [9.17, 15) is 0 Å². The van der Waals surface area contributed by atoms with Crippen LogP contribution in [0.15, 0.2) is 41.1 Å². The lowest BCUT2D eigenvalue weighted by molar-refractivity contribution is 0.459. The van der Waals surface area contributed by atoms with Crippen molar-refractivity contribution in [3.63, 3.8) is 0 Å². The number of nitrogens with zero attached hydrogens (tertiary/aromatic N) is 1. The Morgan fingerprint density at radius 2 is 2.07 bits per heavy atom. The first-order valence-electron chi connectivity index (χ1n) is 4.97. The van der Waals surface area contributed by atoms with Gasteiger partial charge in [-0.3, -0.25) is 0 Å². The number of oxazole rings is 1. The van der Waals surface area contributed by atoms with Crippen LogP contribution in [0.3, 0.4) is 0 Å². The fourth-order valence-electron chi connectivity index (χ4n) is 1.63. The molecule has 0 amide bonds. The smallest absolute Gasteiger partial charge is 0.181 e. The van der Waals surface area contributed by atoms with Gasteiger partial charge in [-0.1, -0.05) is 30.3 Å². The SMILES string of the molecule is Cc1ncoc1C(N)Cc1ccccc1. The zero-order valence-electron chi connectivity index (χ0n) is 8.68. The highest BCUT2D eigenvalue weighted by atomic mass is 16.3. The van der Waals surface area contributed by atoms with Crippen LogP contribution in [0.4, 0.5) is 0 Å².